The fourth-order valence-electron chi connectivity index (χ4n) is 2.94. The van der Waals surface area contributed by atoms with Crippen LogP contribution in [0.15, 0.2) is 39.3 Å². The molecule has 1 saturated carbocycles. The second-order valence-corrected chi connectivity index (χ2v) is 9.17. The van der Waals surface area contributed by atoms with Gasteiger partial charge in [0.2, 0.25) is 0 Å². The smallest absolute Gasteiger partial charge is 0.191 e. The van der Waals surface area contributed by atoms with Crippen molar-refractivity contribution in [1.82, 2.24) is 14.8 Å². The molecule has 0 N–H and O–H groups in total. The molecule has 1 aliphatic rings. The Bertz CT molecular complexity index is 923. The number of halogens is 1. The van der Waals surface area contributed by atoms with Crippen molar-refractivity contribution in [2.24, 2.45) is 0 Å². The van der Waals surface area contributed by atoms with Gasteiger partial charge in [0, 0.05) is 27.6 Å². The zero-order chi connectivity index (χ0) is 18.8. The topological polar surface area (TPSA) is 49.2 Å². The van der Waals surface area contributed by atoms with Crippen LogP contribution in [-0.2, 0) is 12.2 Å². The molecule has 27 heavy (non-hydrogen) atoms. The van der Waals surface area contributed by atoms with E-state index in [-0.39, 0.29) is 0 Å². The van der Waals surface area contributed by atoms with Crippen LogP contribution in [0.25, 0.3) is 0 Å². The van der Waals surface area contributed by atoms with E-state index in [4.69, 9.17) is 9.47 Å². The van der Waals surface area contributed by atoms with Crippen molar-refractivity contribution in [2.45, 2.75) is 36.2 Å². The van der Waals surface area contributed by atoms with E-state index in [1.165, 1.54) is 17.7 Å². The van der Waals surface area contributed by atoms with E-state index in [1.54, 1.807) is 37.3 Å². The van der Waals surface area contributed by atoms with Gasteiger partial charge in [-0.15, -0.1) is 21.5 Å². The zero-order valence-electron chi connectivity index (χ0n) is 15.1. The molecule has 0 radical (unpaired) electrons. The standard InChI is InChI=1S/C19H20BrN3O2S2/c1-24-16-8-12(15(20)10-17(16)25-2)11-27-19-22-21-18(23(19)13-5-6-13)9-14-4-3-7-26-14/h3-4,7-8,10,13H,5-6,9,11H2,1-2H3. The molecule has 5 nitrogen and oxygen atoms in total. The van der Waals surface area contributed by atoms with Crippen molar-refractivity contribution >= 4 is 39.0 Å². The van der Waals surface area contributed by atoms with Crippen LogP contribution in [0.3, 0.4) is 0 Å². The third-order valence-corrected chi connectivity index (χ3v) is 7.08. The van der Waals surface area contributed by atoms with Crippen LogP contribution in [0.2, 0.25) is 0 Å². The molecular formula is C19H20BrN3O2S2. The lowest BCUT2D eigenvalue weighted by Gasteiger charge is -2.12. The van der Waals surface area contributed by atoms with Crippen molar-refractivity contribution in [3.05, 3.63) is 50.4 Å². The van der Waals surface area contributed by atoms with Crippen molar-refractivity contribution < 1.29 is 9.47 Å². The first kappa shape index (κ1) is 18.8. The fraction of sp³-hybridized carbons (Fsp3) is 0.368. The van der Waals surface area contributed by atoms with Crippen LogP contribution in [0.1, 0.15) is 35.1 Å². The lowest BCUT2D eigenvalue weighted by Crippen LogP contribution is -2.03. The summed E-state index contributed by atoms with van der Waals surface area (Å²) in [4.78, 5) is 1.32. The Hall–Kier alpha value is -1.51. The maximum atomic E-state index is 5.43. The summed E-state index contributed by atoms with van der Waals surface area (Å²) in [6.07, 6.45) is 3.27. The number of ether oxygens (including phenoxy) is 2. The molecule has 0 saturated heterocycles. The first-order chi connectivity index (χ1) is 13.2. The number of hydrogen-bond acceptors (Lipinski definition) is 6. The number of benzene rings is 1. The van der Waals surface area contributed by atoms with E-state index in [0.717, 1.165) is 44.7 Å². The highest BCUT2D eigenvalue weighted by atomic mass is 79.9. The minimum Gasteiger partial charge on any atom is -0.493 e. The highest BCUT2D eigenvalue weighted by Crippen LogP contribution is 2.41. The van der Waals surface area contributed by atoms with Crippen LogP contribution in [0.4, 0.5) is 0 Å². The van der Waals surface area contributed by atoms with Crippen molar-refractivity contribution in [1.29, 1.82) is 0 Å². The summed E-state index contributed by atoms with van der Waals surface area (Å²) in [5.74, 6) is 3.30. The molecule has 142 valence electrons. The first-order valence-electron chi connectivity index (χ1n) is 8.69. The predicted octanol–water partition coefficient (Wildman–Crippen LogP) is 5.34. The number of thioether (sulfide) groups is 1. The van der Waals surface area contributed by atoms with E-state index in [1.807, 2.05) is 12.1 Å². The summed E-state index contributed by atoms with van der Waals surface area (Å²) < 4.78 is 14.1. The quantitative estimate of drug-likeness (QED) is 0.420. The SMILES string of the molecule is COc1cc(Br)c(CSc2nnc(Cc3cccs3)n2C2CC2)cc1OC. The molecule has 4 rings (SSSR count). The number of methoxy groups -OCH3 is 2. The van der Waals surface area contributed by atoms with Gasteiger partial charge in [-0.1, -0.05) is 33.8 Å². The van der Waals surface area contributed by atoms with Crippen molar-refractivity contribution in [3.8, 4) is 11.5 Å². The van der Waals surface area contributed by atoms with Gasteiger partial charge >= 0.3 is 0 Å². The number of rotatable bonds is 8. The molecule has 0 amide bonds. The highest BCUT2D eigenvalue weighted by Gasteiger charge is 2.29. The van der Waals surface area contributed by atoms with Gasteiger partial charge in [-0.25, -0.2) is 0 Å². The minimum atomic E-state index is 0.548. The first-order valence-corrected chi connectivity index (χ1v) is 11.3. The summed E-state index contributed by atoms with van der Waals surface area (Å²) >= 11 is 7.12. The predicted molar refractivity (Wildman–Crippen MR) is 112 cm³/mol. The Kier molecular flexibility index (Phi) is 5.75. The van der Waals surface area contributed by atoms with Gasteiger partial charge in [0.15, 0.2) is 16.7 Å². The highest BCUT2D eigenvalue weighted by molar-refractivity contribution is 9.10. The number of thiophene rings is 1. The number of aromatic nitrogens is 3. The van der Waals surface area contributed by atoms with Gasteiger partial charge < -0.3 is 14.0 Å². The van der Waals surface area contributed by atoms with Crippen LogP contribution in [0, 0.1) is 0 Å². The van der Waals surface area contributed by atoms with E-state index < -0.39 is 0 Å². The molecule has 1 aromatic carbocycles. The normalized spacial score (nSPS) is 13.7. The maximum absolute atomic E-state index is 5.43. The molecule has 3 aromatic rings. The van der Waals surface area contributed by atoms with E-state index in [9.17, 15) is 0 Å². The number of hydrogen-bond donors (Lipinski definition) is 0. The van der Waals surface area contributed by atoms with Crippen LogP contribution < -0.4 is 9.47 Å². The average molecular weight is 466 g/mol. The Morgan fingerprint density at radius 3 is 2.67 bits per heavy atom. The monoisotopic (exact) mass is 465 g/mol. The molecule has 0 aliphatic heterocycles. The average Bonchev–Trinajstić information content (AvgIpc) is 3.23. The molecule has 1 aliphatic carbocycles. The molecule has 0 bridgehead atoms. The third kappa shape index (κ3) is 4.17. The largest absolute Gasteiger partial charge is 0.493 e. The molecule has 2 heterocycles. The van der Waals surface area contributed by atoms with Gasteiger partial charge in [-0.05, 0) is 42.0 Å². The molecular weight excluding hydrogens is 446 g/mol. The van der Waals surface area contributed by atoms with E-state index in [0.29, 0.717) is 6.04 Å². The summed E-state index contributed by atoms with van der Waals surface area (Å²) in [5, 5.41) is 12.1. The zero-order valence-corrected chi connectivity index (χ0v) is 18.4. The van der Waals surface area contributed by atoms with Crippen LogP contribution in [-0.4, -0.2) is 29.0 Å². The van der Waals surface area contributed by atoms with Crippen molar-refractivity contribution in [2.75, 3.05) is 14.2 Å². The van der Waals surface area contributed by atoms with Crippen molar-refractivity contribution in [3.63, 3.8) is 0 Å². The number of nitrogens with zero attached hydrogens (tertiary/aromatic N) is 3. The summed E-state index contributed by atoms with van der Waals surface area (Å²) in [5.41, 5.74) is 1.14. The van der Waals surface area contributed by atoms with Gasteiger partial charge in [0.25, 0.3) is 0 Å². The Labute approximate surface area is 175 Å². The Morgan fingerprint density at radius 2 is 2.00 bits per heavy atom. The Morgan fingerprint density at radius 1 is 1.22 bits per heavy atom. The lowest BCUT2D eigenvalue weighted by molar-refractivity contribution is 0.354. The molecule has 0 spiro atoms. The molecule has 8 heteroatoms. The second-order valence-electron chi connectivity index (χ2n) is 6.34. The van der Waals surface area contributed by atoms with Crippen LogP contribution in [0.5, 0.6) is 11.5 Å². The lowest BCUT2D eigenvalue weighted by atomic mass is 10.2. The van der Waals surface area contributed by atoms with Gasteiger partial charge in [-0.3, -0.25) is 0 Å². The maximum Gasteiger partial charge on any atom is 0.191 e. The molecule has 0 atom stereocenters. The van der Waals surface area contributed by atoms with Gasteiger partial charge in [-0.2, -0.15) is 0 Å². The minimum absolute atomic E-state index is 0.548. The van der Waals surface area contributed by atoms with Crippen LogP contribution >= 0.6 is 39.0 Å². The summed E-state index contributed by atoms with van der Waals surface area (Å²) in [6, 6.07) is 8.75. The van der Waals surface area contributed by atoms with E-state index >= 15 is 0 Å². The summed E-state index contributed by atoms with van der Waals surface area (Å²) in [6.45, 7) is 0. The fourth-order valence-corrected chi connectivity index (χ4v) is 5.31. The third-order valence-electron chi connectivity index (χ3n) is 4.47. The van der Waals surface area contributed by atoms with Gasteiger partial charge in [0.05, 0.1) is 14.2 Å². The molecule has 2 aromatic heterocycles. The second kappa shape index (κ2) is 8.24. The molecule has 1 fully saturated rings. The summed E-state index contributed by atoms with van der Waals surface area (Å²) in [7, 11) is 3.30. The molecule has 0 unspecified atom stereocenters. The van der Waals surface area contributed by atoms with Gasteiger partial charge in [0.1, 0.15) is 5.82 Å². The van der Waals surface area contributed by atoms with E-state index in [2.05, 4.69) is 48.2 Å². The Balaban J connectivity index is 1.54.